The molecule has 0 spiro atoms. The molecule has 1 aromatic rings. The fourth-order valence-corrected chi connectivity index (χ4v) is 1.10. The number of aliphatic hydroxyl groups excluding tert-OH is 2. The molecule has 0 aliphatic carbocycles. The average molecular weight is 260 g/mol. The van der Waals surface area contributed by atoms with Crippen molar-refractivity contribution in [2.75, 3.05) is 13.2 Å². The predicted octanol–water partition coefficient (Wildman–Crippen LogP) is -3.85. The summed E-state index contributed by atoms with van der Waals surface area (Å²) in [4.78, 5) is 10.8. The molecule has 2 N–H and O–H groups in total. The molecule has 1 unspecified atom stereocenters. The number of carboxylic acids is 1. The number of rotatable bonds is 6. The number of aliphatic carboxylic acids is 1. The molecule has 0 amide bonds. The number of hydrogen-bond donors (Lipinski definition) is 2. The Balaban J connectivity index is 0.00000289. The van der Waals surface area contributed by atoms with E-state index in [2.05, 4.69) is 0 Å². The van der Waals surface area contributed by atoms with Crippen molar-refractivity contribution in [3.63, 3.8) is 0 Å². The van der Waals surface area contributed by atoms with Gasteiger partial charge >= 0.3 is 29.6 Å². The van der Waals surface area contributed by atoms with Gasteiger partial charge in [0.15, 0.2) is 0 Å². The molecule has 0 bridgehead atoms. The second kappa shape index (κ2) is 9.13. The Morgan fingerprint density at radius 1 is 1.39 bits per heavy atom. The van der Waals surface area contributed by atoms with Gasteiger partial charge in [0.25, 0.3) is 0 Å². The molecule has 0 fully saturated rings. The van der Waals surface area contributed by atoms with E-state index in [1.807, 2.05) is 0 Å². The van der Waals surface area contributed by atoms with E-state index in [0.29, 0.717) is 5.56 Å². The maximum Gasteiger partial charge on any atom is 1.00 e. The van der Waals surface area contributed by atoms with Crippen LogP contribution in [0, 0.1) is 0 Å². The molecule has 0 heterocycles. The van der Waals surface area contributed by atoms with Crippen LogP contribution in [0.25, 0.3) is 6.08 Å². The topological polar surface area (TPSA) is 89.8 Å². The second-order valence-corrected chi connectivity index (χ2v) is 3.35. The fraction of sp³-hybridized carbons (Fsp3) is 0.250. The Hall–Kier alpha value is -0.850. The van der Waals surface area contributed by atoms with Crippen molar-refractivity contribution in [1.29, 1.82) is 0 Å². The van der Waals surface area contributed by atoms with E-state index in [-0.39, 0.29) is 41.9 Å². The van der Waals surface area contributed by atoms with E-state index in [1.165, 1.54) is 6.08 Å². The summed E-state index contributed by atoms with van der Waals surface area (Å²) < 4.78 is 4.85. The monoisotopic (exact) mass is 260 g/mol. The zero-order valence-corrected chi connectivity index (χ0v) is 12.1. The first-order valence-corrected chi connectivity index (χ1v) is 5.03. The molecule has 0 radical (unpaired) electrons. The van der Waals surface area contributed by atoms with Crippen LogP contribution in [0.15, 0.2) is 36.1 Å². The molecule has 18 heavy (non-hydrogen) atoms. The average Bonchev–Trinajstić information content (AvgIpc) is 2.34. The first-order valence-electron chi connectivity index (χ1n) is 5.03. The normalized spacial score (nSPS) is 12.4. The van der Waals surface area contributed by atoms with E-state index in [0.717, 1.165) is 0 Å². The van der Waals surface area contributed by atoms with Gasteiger partial charge in [0.1, 0.15) is 24.4 Å². The van der Waals surface area contributed by atoms with Gasteiger partial charge in [-0.3, -0.25) is 0 Å². The Bertz CT molecular complexity index is 391. The number of carboxylic acid groups (broad SMARTS) is 1. The third kappa shape index (κ3) is 6.18. The van der Waals surface area contributed by atoms with E-state index in [1.54, 1.807) is 30.3 Å². The minimum Gasteiger partial charge on any atom is -0.542 e. The van der Waals surface area contributed by atoms with Gasteiger partial charge in [0, 0.05) is 0 Å². The Morgan fingerprint density at radius 2 is 2.00 bits per heavy atom. The maximum atomic E-state index is 10.8. The van der Waals surface area contributed by atoms with Gasteiger partial charge < -0.3 is 24.9 Å². The van der Waals surface area contributed by atoms with Crippen LogP contribution in [-0.4, -0.2) is 35.5 Å². The molecule has 92 valence electrons. The Kier molecular flexibility index (Phi) is 8.70. The van der Waals surface area contributed by atoms with Crippen molar-refractivity contribution < 1.29 is 54.4 Å². The van der Waals surface area contributed by atoms with Crippen LogP contribution < -0.4 is 34.7 Å². The fourth-order valence-electron chi connectivity index (χ4n) is 1.10. The van der Waals surface area contributed by atoms with Crippen LogP contribution in [0.5, 0.6) is 0 Å². The van der Waals surface area contributed by atoms with Crippen LogP contribution in [0.1, 0.15) is 5.56 Å². The number of carbonyl (C=O) groups is 1. The molecule has 1 aromatic carbocycles. The van der Waals surface area contributed by atoms with E-state index in [4.69, 9.17) is 14.9 Å². The van der Waals surface area contributed by atoms with Gasteiger partial charge in [-0.25, -0.2) is 0 Å². The minimum absolute atomic E-state index is 0. The van der Waals surface area contributed by atoms with Crippen molar-refractivity contribution in [3.8, 4) is 0 Å². The molecule has 5 nitrogen and oxygen atoms in total. The molecular weight excluding hydrogens is 247 g/mol. The third-order valence-electron chi connectivity index (χ3n) is 1.94. The molecule has 1 atom stereocenters. The minimum atomic E-state index is -1.47. The summed E-state index contributed by atoms with van der Waals surface area (Å²) in [5.41, 5.74) is 0.644. The molecule has 0 aliphatic rings. The third-order valence-corrected chi connectivity index (χ3v) is 1.94. The van der Waals surface area contributed by atoms with Gasteiger partial charge in [0.05, 0.1) is 6.61 Å². The first-order chi connectivity index (χ1) is 8.13. The molecule has 0 aliphatic heterocycles. The largest absolute Gasteiger partial charge is 1.00 e. The summed E-state index contributed by atoms with van der Waals surface area (Å²) in [6.07, 6.45) is 0.174. The molecule has 0 saturated carbocycles. The number of hydrogen-bond acceptors (Lipinski definition) is 5. The Labute approximate surface area is 127 Å². The van der Waals surface area contributed by atoms with Crippen molar-refractivity contribution in [3.05, 3.63) is 41.7 Å². The molecule has 0 saturated heterocycles. The van der Waals surface area contributed by atoms with Crippen molar-refractivity contribution in [2.24, 2.45) is 0 Å². The summed E-state index contributed by atoms with van der Waals surface area (Å²) in [5, 5.41) is 28.4. The zero-order chi connectivity index (χ0) is 12.7. The summed E-state index contributed by atoms with van der Waals surface area (Å²) in [7, 11) is 0. The Morgan fingerprint density at radius 3 is 2.50 bits per heavy atom. The summed E-state index contributed by atoms with van der Waals surface area (Å²) >= 11 is 0. The van der Waals surface area contributed by atoms with Gasteiger partial charge in [-0.1, -0.05) is 30.3 Å². The van der Waals surface area contributed by atoms with Crippen LogP contribution in [0.3, 0.4) is 0 Å². The molecule has 0 aromatic heterocycles. The van der Waals surface area contributed by atoms with E-state index >= 15 is 0 Å². The summed E-state index contributed by atoms with van der Waals surface area (Å²) in [5.74, 6) is -1.86. The van der Waals surface area contributed by atoms with Gasteiger partial charge in [-0.05, 0) is 11.6 Å². The van der Waals surface area contributed by atoms with Crippen LogP contribution in [0.4, 0.5) is 0 Å². The van der Waals surface area contributed by atoms with Crippen molar-refractivity contribution in [1.82, 2.24) is 0 Å². The van der Waals surface area contributed by atoms with Gasteiger partial charge in [-0.2, -0.15) is 0 Å². The van der Waals surface area contributed by atoms with Crippen molar-refractivity contribution >= 4 is 12.0 Å². The summed E-state index contributed by atoms with van der Waals surface area (Å²) in [6.45, 7) is -0.797. The van der Waals surface area contributed by atoms with Gasteiger partial charge in [0.2, 0.25) is 0 Å². The van der Waals surface area contributed by atoms with Crippen LogP contribution in [-0.2, 0) is 9.53 Å². The number of ether oxygens (including phenoxy) is 1. The molecule has 6 heteroatoms. The number of benzene rings is 1. The van der Waals surface area contributed by atoms with Crippen LogP contribution >= 0.6 is 0 Å². The molecular formula is C12H13NaO5. The quantitative estimate of drug-likeness (QED) is 0.310. The van der Waals surface area contributed by atoms with Crippen LogP contribution in [0.2, 0.25) is 0 Å². The molecule has 1 rings (SSSR count). The second-order valence-electron chi connectivity index (χ2n) is 3.35. The predicted molar refractivity (Wildman–Crippen MR) is 58.5 cm³/mol. The standard InChI is InChI=1S/C12H14O5.Na/c13-7-10(14)8-17-11(12(15)16)6-9-4-2-1-3-5-9;/h1-6,10,13-14H,7-8H2,(H,15,16);/q;+1/p-1. The smallest absolute Gasteiger partial charge is 0.542 e. The zero-order valence-electron chi connectivity index (χ0n) is 10.1. The maximum absolute atomic E-state index is 10.8. The van der Waals surface area contributed by atoms with E-state index < -0.39 is 18.7 Å². The first kappa shape index (κ1) is 17.2. The van der Waals surface area contributed by atoms with Crippen molar-refractivity contribution in [2.45, 2.75) is 6.10 Å². The summed E-state index contributed by atoms with van der Waals surface area (Å²) in [6, 6.07) is 8.71. The SMILES string of the molecule is O=C([O-])C(=Cc1ccccc1)OCC(O)CO.[Na+]. The number of carbonyl (C=O) groups excluding carboxylic acids is 1. The van der Waals surface area contributed by atoms with E-state index in [9.17, 15) is 9.90 Å². The van der Waals surface area contributed by atoms with Gasteiger partial charge in [-0.15, -0.1) is 0 Å². The number of aliphatic hydroxyl groups is 2.